The lowest BCUT2D eigenvalue weighted by molar-refractivity contribution is -0.137. The Morgan fingerprint density at radius 3 is 2.29 bits per heavy atom. The maximum Gasteiger partial charge on any atom is 0.418 e. The first-order valence-electron chi connectivity index (χ1n) is 3.58. The molecular formula is C8H6BrClF3N. The molecule has 0 radical (unpaired) electrons. The van der Waals surface area contributed by atoms with Gasteiger partial charge >= 0.3 is 6.18 Å². The highest BCUT2D eigenvalue weighted by molar-refractivity contribution is 9.08. The standard InChI is InChI=1S/C8H6BrClF3N/c9-3-4-6(14)2-1-5(10)7(4)8(11,12)13/h1-2H,3,14H2. The van der Waals surface area contributed by atoms with Crippen LogP contribution in [0.4, 0.5) is 18.9 Å². The van der Waals surface area contributed by atoms with Crippen LogP contribution in [-0.2, 0) is 11.5 Å². The number of rotatable bonds is 1. The minimum Gasteiger partial charge on any atom is -0.398 e. The van der Waals surface area contributed by atoms with Gasteiger partial charge in [0.25, 0.3) is 0 Å². The van der Waals surface area contributed by atoms with Crippen LogP contribution < -0.4 is 5.73 Å². The summed E-state index contributed by atoms with van der Waals surface area (Å²) in [6, 6.07) is 2.50. The molecule has 1 aromatic rings. The third-order valence-electron chi connectivity index (χ3n) is 1.72. The Morgan fingerprint density at radius 1 is 1.36 bits per heavy atom. The Balaban J connectivity index is 3.46. The van der Waals surface area contributed by atoms with E-state index in [2.05, 4.69) is 15.9 Å². The zero-order chi connectivity index (χ0) is 10.9. The van der Waals surface area contributed by atoms with Crippen molar-refractivity contribution in [2.45, 2.75) is 11.5 Å². The molecule has 0 saturated heterocycles. The third kappa shape index (κ3) is 2.15. The molecule has 0 aliphatic rings. The Kier molecular flexibility index (Phi) is 3.32. The van der Waals surface area contributed by atoms with E-state index < -0.39 is 11.7 Å². The van der Waals surface area contributed by atoms with Crippen LogP contribution in [-0.4, -0.2) is 0 Å². The summed E-state index contributed by atoms with van der Waals surface area (Å²) in [4.78, 5) is 0. The number of hydrogen-bond acceptors (Lipinski definition) is 1. The van der Waals surface area contributed by atoms with Crippen LogP contribution in [0.3, 0.4) is 0 Å². The predicted octanol–water partition coefficient (Wildman–Crippen LogP) is 3.84. The monoisotopic (exact) mass is 287 g/mol. The fraction of sp³-hybridized carbons (Fsp3) is 0.250. The topological polar surface area (TPSA) is 26.0 Å². The third-order valence-corrected chi connectivity index (χ3v) is 2.59. The highest BCUT2D eigenvalue weighted by Crippen LogP contribution is 2.40. The van der Waals surface area contributed by atoms with E-state index in [1.54, 1.807) is 0 Å². The number of anilines is 1. The molecule has 1 nitrogen and oxygen atoms in total. The molecule has 0 aromatic heterocycles. The Labute approximate surface area is 92.2 Å². The number of benzene rings is 1. The second-order valence-electron chi connectivity index (χ2n) is 2.62. The van der Waals surface area contributed by atoms with E-state index in [-0.39, 0.29) is 21.6 Å². The molecule has 2 N–H and O–H groups in total. The molecule has 78 valence electrons. The number of hydrogen-bond donors (Lipinski definition) is 1. The molecule has 0 unspecified atom stereocenters. The van der Waals surface area contributed by atoms with Gasteiger partial charge < -0.3 is 5.73 Å². The highest BCUT2D eigenvalue weighted by atomic mass is 79.9. The smallest absolute Gasteiger partial charge is 0.398 e. The van der Waals surface area contributed by atoms with E-state index in [9.17, 15) is 13.2 Å². The number of nitrogen functional groups attached to an aromatic ring is 1. The van der Waals surface area contributed by atoms with E-state index in [1.807, 2.05) is 0 Å². The zero-order valence-corrected chi connectivity index (χ0v) is 9.17. The van der Waals surface area contributed by atoms with Crippen LogP contribution in [0.15, 0.2) is 12.1 Å². The van der Waals surface area contributed by atoms with Gasteiger partial charge in [0.2, 0.25) is 0 Å². The fourth-order valence-corrected chi connectivity index (χ4v) is 1.97. The summed E-state index contributed by atoms with van der Waals surface area (Å²) in [5.41, 5.74) is 4.60. The van der Waals surface area contributed by atoms with Gasteiger partial charge in [-0.1, -0.05) is 27.5 Å². The van der Waals surface area contributed by atoms with Gasteiger partial charge in [-0.2, -0.15) is 13.2 Å². The van der Waals surface area contributed by atoms with E-state index in [1.165, 1.54) is 6.07 Å². The van der Waals surface area contributed by atoms with Gasteiger partial charge in [-0.25, -0.2) is 0 Å². The summed E-state index contributed by atoms with van der Waals surface area (Å²) in [5, 5.41) is -0.310. The minimum atomic E-state index is -4.48. The van der Waals surface area contributed by atoms with Crippen molar-refractivity contribution in [3.63, 3.8) is 0 Å². The molecule has 1 rings (SSSR count). The summed E-state index contributed by atoms with van der Waals surface area (Å²) < 4.78 is 37.5. The van der Waals surface area contributed by atoms with E-state index in [4.69, 9.17) is 17.3 Å². The normalized spacial score (nSPS) is 11.8. The number of halogens is 5. The zero-order valence-electron chi connectivity index (χ0n) is 6.83. The van der Waals surface area contributed by atoms with Crippen molar-refractivity contribution in [3.05, 3.63) is 28.3 Å². The van der Waals surface area contributed by atoms with Crippen molar-refractivity contribution in [3.8, 4) is 0 Å². The lowest BCUT2D eigenvalue weighted by Crippen LogP contribution is -2.11. The molecular weight excluding hydrogens is 282 g/mol. The summed E-state index contributed by atoms with van der Waals surface area (Å²) in [6.07, 6.45) is -4.48. The van der Waals surface area contributed by atoms with E-state index >= 15 is 0 Å². The van der Waals surface area contributed by atoms with Gasteiger partial charge in [-0.15, -0.1) is 0 Å². The SMILES string of the molecule is Nc1ccc(Cl)c(C(F)(F)F)c1CBr. The lowest BCUT2D eigenvalue weighted by atomic mass is 10.1. The van der Waals surface area contributed by atoms with Crippen molar-refractivity contribution in [1.29, 1.82) is 0 Å². The Bertz CT molecular complexity index is 351. The van der Waals surface area contributed by atoms with Crippen LogP contribution >= 0.6 is 27.5 Å². The first kappa shape index (κ1) is 11.7. The average Bonchev–Trinajstić information content (AvgIpc) is 2.06. The van der Waals surface area contributed by atoms with Gasteiger partial charge in [-0.3, -0.25) is 0 Å². The average molecular weight is 288 g/mol. The van der Waals surface area contributed by atoms with Gasteiger partial charge in [0.05, 0.1) is 10.6 Å². The summed E-state index contributed by atoms with van der Waals surface area (Å²) in [7, 11) is 0. The lowest BCUT2D eigenvalue weighted by Gasteiger charge is -2.14. The molecule has 0 spiro atoms. The highest BCUT2D eigenvalue weighted by Gasteiger charge is 2.36. The fourth-order valence-electron chi connectivity index (χ4n) is 1.09. The molecule has 6 heteroatoms. The molecule has 0 saturated carbocycles. The first-order chi connectivity index (χ1) is 6.38. The second-order valence-corrected chi connectivity index (χ2v) is 3.59. The van der Waals surface area contributed by atoms with Gasteiger partial charge in [0.1, 0.15) is 0 Å². The minimum absolute atomic E-state index is 0.0221. The van der Waals surface area contributed by atoms with E-state index in [0.29, 0.717) is 0 Å². The summed E-state index contributed by atoms with van der Waals surface area (Å²) >= 11 is 8.42. The van der Waals surface area contributed by atoms with Crippen LogP contribution in [0, 0.1) is 0 Å². The molecule has 0 atom stereocenters. The van der Waals surface area contributed by atoms with Crippen molar-refractivity contribution >= 4 is 33.2 Å². The van der Waals surface area contributed by atoms with Gasteiger partial charge in [0, 0.05) is 11.0 Å². The summed E-state index contributed by atoms with van der Waals surface area (Å²) in [5.74, 6) is 0. The van der Waals surface area contributed by atoms with Gasteiger partial charge in [0.15, 0.2) is 0 Å². The van der Waals surface area contributed by atoms with Crippen molar-refractivity contribution < 1.29 is 13.2 Å². The van der Waals surface area contributed by atoms with Crippen molar-refractivity contribution in [1.82, 2.24) is 0 Å². The first-order valence-corrected chi connectivity index (χ1v) is 5.08. The molecule has 0 aliphatic carbocycles. The predicted molar refractivity (Wildman–Crippen MR) is 53.5 cm³/mol. The van der Waals surface area contributed by atoms with E-state index in [0.717, 1.165) is 6.07 Å². The van der Waals surface area contributed by atoms with Crippen LogP contribution in [0.2, 0.25) is 5.02 Å². The molecule has 0 bridgehead atoms. The maximum atomic E-state index is 12.5. The molecule has 14 heavy (non-hydrogen) atoms. The van der Waals surface area contributed by atoms with Crippen LogP contribution in [0.5, 0.6) is 0 Å². The molecule has 0 heterocycles. The van der Waals surface area contributed by atoms with Crippen LogP contribution in [0.25, 0.3) is 0 Å². The van der Waals surface area contributed by atoms with Crippen molar-refractivity contribution in [2.24, 2.45) is 0 Å². The largest absolute Gasteiger partial charge is 0.418 e. The quantitative estimate of drug-likeness (QED) is 0.617. The van der Waals surface area contributed by atoms with Gasteiger partial charge in [-0.05, 0) is 17.7 Å². The van der Waals surface area contributed by atoms with Crippen LogP contribution in [0.1, 0.15) is 11.1 Å². The Hall–Kier alpha value is -0.420. The molecule has 0 fully saturated rings. The number of nitrogens with two attached hydrogens (primary N) is 1. The molecule has 0 aliphatic heterocycles. The number of alkyl halides is 4. The maximum absolute atomic E-state index is 12.5. The summed E-state index contributed by atoms with van der Waals surface area (Å²) in [6.45, 7) is 0. The second kappa shape index (κ2) is 3.98. The van der Waals surface area contributed by atoms with Crippen molar-refractivity contribution in [2.75, 3.05) is 5.73 Å². The molecule has 0 amide bonds. The Morgan fingerprint density at radius 2 is 1.93 bits per heavy atom. The molecule has 1 aromatic carbocycles.